The van der Waals surface area contributed by atoms with Crippen molar-refractivity contribution < 1.29 is 0 Å². The molecular formula is C19H23NS. The Hall–Kier alpha value is -1.25. The lowest BCUT2D eigenvalue weighted by molar-refractivity contribution is 0.413. The lowest BCUT2D eigenvalue weighted by atomic mass is 9.88. The predicted molar refractivity (Wildman–Crippen MR) is 92.0 cm³/mol. The van der Waals surface area contributed by atoms with Crippen molar-refractivity contribution in [1.82, 2.24) is 5.32 Å². The average molecular weight is 297 g/mol. The molecule has 3 rings (SSSR count). The van der Waals surface area contributed by atoms with Gasteiger partial charge in [0.15, 0.2) is 0 Å². The number of nitrogens with one attached hydrogen (secondary N) is 1. The van der Waals surface area contributed by atoms with Crippen LogP contribution in [0, 0.1) is 0 Å². The van der Waals surface area contributed by atoms with Gasteiger partial charge in [0, 0.05) is 17.0 Å². The van der Waals surface area contributed by atoms with E-state index in [1.807, 2.05) is 0 Å². The Labute approximate surface area is 132 Å². The molecular weight excluding hydrogens is 274 g/mol. The summed E-state index contributed by atoms with van der Waals surface area (Å²) in [6.07, 6.45) is 5.72. The van der Waals surface area contributed by atoms with Gasteiger partial charge in [-0.05, 0) is 61.3 Å². The van der Waals surface area contributed by atoms with Crippen LogP contribution < -0.4 is 5.32 Å². The molecule has 0 saturated carbocycles. The molecule has 1 nitrogen and oxygen atoms in total. The molecule has 2 atom stereocenters. The van der Waals surface area contributed by atoms with Gasteiger partial charge in [0.1, 0.15) is 0 Å². The second-order valence-electron chi connectivity index (χ2n) is 5.87. The fourth-order valence-corrected chi connectivity index (χ4v) is 3.59. The normalized spacial score (nSPS) is 19.0. The molecule has 2 heteroatoms. The van der Waals surface area contributed by atoms with Crippen LogP contribution in [0.4, 0.5) is 0 Å². The van der Waals surface area contributed by atoms with Gasteiger partial charge in [-0.1, -0.05) is 36.4 Å². The van der Waals surface area contributed by atoms with Gasteiger partial charge in [-0.3, -0.25) is 0 Å². The highest BCUT2D eigenvalue weighted by atomic mass is 32.2. The number of hydrogen-bond donors (Lipinski definition) is 1. The zero-order valence-corrected chi connectivity index (χ0v) is 13.6. The Bertz CT molecular complexity index is 591. The van der Waals surface area contributed by atoms with Crippen LogP contribution in [0.25, 0.3) is 0 Å². The minimum absolute atomic E-state index is 0.413. The molecule has 110 valence electrons. The van der Waals surface area contributed by atoms with Crippen molar-refractivity contribution in [2.45, 2.75) is 43.2 Å². The quantitative estimate of drug-likeness (QED) is 0.827. The third-order valence-corrected chi connectivity index (χ3v) is 5.19. The SMILES string of the molecule is CSc1ccc(C(C)NC2CCc3ccccc3C2)cc1. The Morgan fingerprint density at radius 3 is 2.48 bits per heavy atom. The van der Waals surface area contributed by atoms with Gasteiger partial charge in [0.2, 0.25) is 0 Å². The summed E-state index contributed by atoms with van der Waals surface area (Å²) in [6.45, 7) is 2.27. The van der Waals surface area contributed by atoms with E-state index in [4.69, 9.17) is 0 Å². The second-order valence-corrected chi connectivity index (χ2v) is 6.75. The van der Waals surface area contributed by atoms with Crippen LogP contribution in [0.15, 0.2) is 53.4 Å². The molecule has 2 aromatic rings. The highest BCUT2D eigenvalue weighted by Crippen LogP contribution is 2.24. The third-order valence-electron chi connectivity index (χ3n) is 4.45. The summed E-state index contributed by atoms with van der Waals surface area (Å²) < 4.78 is 0. The van der Waals surface area contributed by atoms with Gasteiger partial charge < -0.3 is 5.32 Å². The summed E-state index contributed by atoms with van der Waals surface area (Å²) in [5.41, 5.74) is 4.44. The molecule has 0 saturated heterocycles. The van der Waals surface area contributed by atoms with Gasteiger partial charge in [0.05, 0.1) is 0 Å². The molecule has 0 amide bonds. The van der Waals surface area contributed by atoms with Crippen molar-refractivity contribution in [3.8, 4) is 0 Å². The highest BCUT2D eigenvalue weighted by molar-refractivity contribution is 7.98. The number of rotatable bonds is 4. The third kappa shape index (κ3) is 3.50. The molecule has 0 radical (unpaired) electrons. The summed E-state index contributed by atoms with van der Waals surface area (Å²) in [6, 6.07) is 18.8. The van der Waals surface area contributed by atoms with E-state index < -0.39 is 0 Å². The van der Waals surface area contributed by atoms with Crippen molar-refractivity contribution >= 4 is 11.8 Å². The van der Waals surface area contributed by atoms with Crippen molar-refractivity contribution in [1.29, 1.82) is 0 Å². The zero-order valence-electron chi connectivity index (χ0n) is 12.8. The summed E-state index contributed by atoms with van der Waals surface area (Å²) in [4.78, 5) is 1.33. The van der Waals surface area contributed by atoms with E-state index in [1.165, 1.54) is 34.4 Å². The van der Waals surface area contributed by atoms with E-state index in [0.29, 0.717) is 12.1 Å². The first-order valence-electron chi connectivity index (χ1n) is 7.73. The van der Waals surface area contributed by atoms with Crippen LogP contribution in [-0.4, -0.2) is 12.3 Å². The second kappa shape index (κ2) is 6.67. The van der Waals surface area contributed by atoms with E-state index in [0.717, 1.165) is 6.42 Å². The first-order chi connectivity index (χ1) is 10.3. The summed E-state index contributed by atoms with van der Waals surface area (Å²) >= 11 is 1.80. The van der Waals surface area contributed by atoms with E-state index in [9.17, 15) is 0 Å². The largest absolute Gasteiger partial charge is 0.307 e. The Balaban J connectivity index is 1.64. The van der Waals surface area contributed by atoms with Crippen LogP contribution in [0.5, 0.6) is 0 Å². The molecule has 0 aliphatic heterocycles. The standard InChI is InChI=1S/C19H23NS/c1-14(15-8-11-19(21-2)12-9-15)20-18-10-7-16-5-3-4-6-17(16)13-18/h3-6,8-9,11-12,14,18,20H,7,10,13H2,1-2H3. The number of hydrogen-bond acceptors (Lipinski definition) is 2. The summed E-state index contributed by atoms with van der Waals surface area (Å²) in [5.74, 6) is 0. The number of aryl methyl sites for hydroxylation is 1. The summed E-state index contributed by atoms with van der Waals surface area (Å²) in [7, 11) is 0. The average Bonchev–Trinajstić information content (AvgIpc) is 2.55. The minimum atomic E-state index is 0.413. The zero-order chi connectivity index (χ0) is 14.7. The van der Waals surface area contributed by atoms with Gasteiger partial charge in [-0.2, -0.15) is 0 Å². The smallest absolute Gasteiger partial charge is 0.0294 e. The van der Waals surface area contributed by atoms with Crippen LogP contribution >= 0.6 is 11.8 Å². The van der Waals surface area contributed by atoms with Crippen LogP contribution in [0.3, 0.4) is 0 Å². The van der Waals surface area contributed by atoms with E-state index in [1.54, 1.807) is 11.8 Å². The molecule has 2 unspecified atom stereocenters. The lowest BCUT2D eigenvalue weighted by Gasteiger charge is -2.28. The first-order valence-corrected chi connectivity index (χ1v) is 8.95. The lowest BCUT2D eigenvalue weighted by Crippen LogP contribution is -2.36. The molecule has 21 heavy (non-hydrogen) atoms. The monoisotopic (exact) mass is 297 g/mol. The maximum absolute atomic E-state index is 3.81. The maximum atomic E-state index is 3.81. The molecule has 1 aliphatic rings. The molecule has 2 aromatic carbocycles. The summed E-state index contributed by atoms with van der Waals surface area (Å²) in [5, 5.41) is 3.81. The molecule has 0 bridgehead atoms. The fourth-order valence-electron chi connectivity index (χ4n) is 3.18. The van der Waals surface area contributed by atoms with E-state index >= 15 is 0 Å². The van der Waals surface area contributed by atoms with Gasteiger partial charge in [0.25, 0.3) is 0 Å². The van der Waals surface area contributed by atoms with Crippen molar-refractivity contribution in [3.63, 3.8) is 0 Å². The first kappa shape index (κ1) is 14.7. The van der Waals surface area contributed by atoms with Gasteiger partial charge in [-0.15, -0.1) is 11.8 Å². The number of benzene rings is 2. The van der Waals surface area contributed by atoms with Gasteiger partial charge in [-0.25, -0.2) is 0 Å². The van der Waals surface area contributed by atoms with Crippen molar-refractivity contribution in [2.24, 2.45) is 0 Å². The van der Waals surface area contributed by atoms with E-state index in [-0.39, 0.29) is 0 Å². The van der Waals surface area contributed by atoms with Crippen molar-refractivity contribution in [3.05, 3.63) is 65.2 Å². The van der Waals surface area contributed by atoms with Crippen LogP contribution in [0.1, 0.15) is 36.1 Å². The fraction of sp³-hybridized carbons (Fsp3) is 0.368. The van der Waals surface area contributed by atoms with E-state index in [2.05, 4.69) is 67.0 Å². The Morgan fingerprint density at radius 2 is 1.76 bits per heavy atom. The van der Waals surface area contributed by atoms with Crippen LogP contribution in [0.2, 0.25) is 0 Å². The molecule has 1 aliphatic carbocycles. The minimum Gasteiger partial charge on any atom is -0.307 e. The highest BCUT2D eigenvalue weighted by Gasteiger charge is 2.19. The molecule has 0 heterocycles. The number of thioether (sulfide) groups is 1. The molecule has 0 fully saturated rings. The molecule has 0 aromatic heterocycles. The Morgan fingerprint density at radius 1 is 1.05 bits per heavy atom. The topological polar surface area (TPSA) is 12.0 Å². The molecule has 0 spiro atoms. The maximum Gasteiger partial charge on any atom is 0.0294 e. The van der Waals surface area contributed by atoms with Crippen LogP contribution in [-0.2, 0) is 12.8 Å². The van der Waals surface area contributed by atoms with Gasteiger partial charge >= 0.3 is 0 Å². The molecule has 1 N–H and O–H groups in total. The van der Waals surface area contributed by atoms with Crippen molar-refractivity contribution in [2.75, 3.05) is 6.26 Å². The predicted octanol–water partition coefficient (Wildman–Crippen LogP) is 4.62. The number of fused-ring (bicyclic) bond motifs is 1. The Kier molecular flexibility index (Phi) is 4.67.